The lowest BCUT2D eigenvalue weighted by molar-refractivity contribution is 0.0472. The molecule has 0 aliphatic rings. The fraction of sp³-hybridized carbons (Fsp3) is 0.125. The highest BCUT2D eigenvalue weighted by Gasteiger charge is 2.11. The average molecular weight is 284 g/mol. The Kier molecular flexibility index (Phi) is 4.19. The second-order valence-corrected chi connectivity index (χ2v) is 4.62. The number of nitriles is 1. The Balaban J connectivity index is 2.15. The molecule has 2 aromatic rings. The Bertz CT molecular complexity index is 715. The molecule has 5 heteroatoms. The van der Waals surface area contributed by atoms with Crippen LogP contribution in [0.5, 0.6) is 0 Å². The third kappa shape index (κ3) is 3.57. The Hall–Kier alpha value is -2.87. The summed E-state index contributed by atoms with van der Waals surface area (Å²) in [4.78, 5) is 12.0. The Morgan fingerprint density at radius 3 is 2.76 bits per heavy atom. The molecule has 2 rings (SSSR count). The number of esters is 1. The number of nitrogen functional groups attached to an aromatic ring is 1. The summed E-state index contributed by atoms with van der Waals surface area (Å²) in [7, 11) is 0. The number of anilines is 1. The summed E-state index contributed by atoms with van der Waals surface area (Å²) in [5, 5.41) is 8.93. The Morgan fingerprint density at radius 1 is 1.33 bits per heavy atom. The van der Waals surface area contributed by atoms with E-state index in [-0.39, 0.29) is 12.2 Å². The van der Waals surface area contributed by atoms with E-state index in [1.54, 1.807) is 12.1 Å². The minimum Gasteiger partial charge on any atom is -0.457 e. The molecule has 0 heterocycles. The summed E-state index contributed by atoms with van der Waals surface area (Å²) in [6.07, 6.45) is 0. The van der Waals surface area contributed by atoms with Gasteiger partial charge in [0.1, 0.15) is 12.4 Å². The van der Waals surface area contributed by atoms with Crippen LogP contribution < -0.4 is 5.73 Å². The largest absolute Gasteiger partial charge is 0.457 e. The number of halogens is 1. The van der Waals surface area contributed by atoms with Crippen molar-refractivity contribution in [3.63, 3.8) is 0 Å². The van der Waals surface area contributed by atoms with Crippen molar-refractivity contribution in [2.45, 2.75) is 13.5 Å². The predicted octanol–water partition coefficient (Wildman–Crippen LogP) is 2.95. The number of ether oxygens (including phenoxy) is 1. The lowest BCUT2D eigenvalue weighted by Crippen LogP contribution is -2.07. The predicted molar refractivity (Wildman–Crippen MR) is 75.8 cm³/mol. The van der Waals surface area contributed by atoms with E-state index in [1.807, 2.05) is 13.0 Å². The number of carbonyl (C=O) groups excluding carboxylic acids is 1. The molecule has 2 aromatic carbocycles. The summed E-state index contributed by atoms with van der Waals surface area (Å²) in [6.45, 7) is 1.64. The molecule has 0 aliphatic carbocycles. The van der Waals surface area contributed by atoms with Gasteiger partial charge in [-0.15, -0.1) is 0 Å². The highest BCUT2D eigenvalue weighted by Crippen LogP contribution is 2.15. The van der Waals surface area contributed by atoms with E-state index in [1.165, 1.54) is 24.3 Å². The smallest absolute Gasteiger partial charge is 0.338 e. The lowest BCUT2D eigenvalue weighted by Gasteiger charge is -2.08. The molecule has 2 N–H and O–H groups in total. The molecule has 21 heavy (non-hydrogen) atoms. The second kappa shape index (κ2) is 6.06. The van der Waals surface area contributed by atoms with Crippen molar-refractivity contribution in [2.24, 2.45) is 0 Å². The quantitative estimate of drug-likeness (QED) is 0.694. The van der Waals surface area contributed by atoms with Crippen LogP contribution in [0.15, 0.2) is 36.4 Å². The molecule has 0 aliphatic heterocycles. The number of rotatable bonds is 3. The molecule has 0 fully saturated rings. The zero-order valence-corrected chi connectivity index (χ0v) is 11.4. The van der Waals surface area contributed by atoms with E-state index in [4.69, 9.17) is 15.7 Å². The number of carbonyl (C=O) groups is 1. The van der Waals surface area contributed by atoms with Crippen LogP contribution in [0.2, 0.25) is 0 Å². The van der Waals surface area contributed by atoms with Gasteiger partial charge in [0.05, 0.1) is 17.2 Å². The number of hydrogen-bond acceptors (Lipinski definition) is 4. The highest BCUT2D eigenvalue weighted by atomic mass is 19.1. The van der Waals surface area contributed by atoms with Crippen LogP contribution in [0.25, 0.3) is 0 Å². The van der Waals surface area contributed by atoms with Gasteiger partial charge in [0.2, 0.25) is 0 Å². The molecule has 0 amide bonds. The van der Waals surface area contributed by atoms with Crippen LogP contribution >= 0.6 is 0 Å². The molecule has 0 bridgehead atoms. The Morgan fingerprint density at radius 2 is 2.10 bits per heavy atom. The third-order valence-electron chi connectivity index (χ3n) is 2.88. The van der Waals surface area contributed by atoms with Crippen molar-refractivity contribution in [1.82, 2.24) is 0 Å². The lowest BCUT2D eigenvalue weighted by atomic mass is 10.1. The van der Waals surface area contributed by atoms with Crippen molar-refractivity contribution in [3.8, 4) is 6.07 Å². The number of hydrogen-bond donors (Lipinski definition) is 1. The van der Waals surface area contributed by atoms with E-state index in [0.29, 0.717) is 16.8 Å². The van der Waals surface area contributed by atoms with E-state index < -0.39 is 11.8 Å². The van der Waals surface area contributed by atoms with Gasteiger partial charge in [-0.1, -0.05) is 0 Å². The number of aryl methyl sites for hydroxylation is 1. The molecule has 0 aromatic heterocycles. The first kappa shape index (κ1) is 14.5. The fourth-order valence-electron chi connectivity index (χ4n) is 1.95. The summed E-state index contributed by atoms with van der Waals surface area (Å²) < 4.78 is 18.3. The van der Waals surface area contributed by atoms with Crippen molar-refractivity contribution in [1.29, 1.82) is 5.26 Å². The van der Waals surface area contributed by atoms with Gasteiger partial charge in [0.25, 0.3) is 0 Å². The van der Waals surface area contributed by atoms with Crippen LogP contribution in [0.1, 0.15) is 27.0 Å². The third-order valence-corrected chi connectivity index (χ3v) is 2.88. The van der Waals surface area contributed by atoms with E-state index in [9.17, 15) is 9.18 Å². The van der Waals surface area contributed by atoms with Crippen LogP contribution in [0, 0.1) is 24.1 Å². The molecule has 0 saturated heterocycles. The van der Waals surface area contributed by atoms with Gasteiger partial charge < -0.3 is 10.5 Å². The normalized spacial score (nSPS) is 9.95. The van der Waals surface area contributed by atoms with Crippen LogP contribution in [-0.2, 0) is 11.3 Å². The van der Waals surface area contributed by atoms with Gasteiger partial charge in [-0.3, -0.25) is 0 Å². The zero-order chi connectivity index (χ0) is 15.4. The molecular formula is C16H13FN2O2. The van der Waals surface area contributed by atoms with Gasteiger partial charge in [0.15, 0.2) is 0 Å². The highest BCUT2D eigenvalue weighted by molar-refractivity contribution is 5.90. The van der Waals surface area contributed by atoms with E-state index >= 15 is 0 Å². The SMILES string of the molecule is Cc1cc(N)cc(C(=O)OCc2cc(F)ccc2C#N)c1. The van der Waals surface area contributed by atoms with Crippen molar-refractivity contribution in [3.05, 3.63) is 64.5 Å². The first-order chi connectivity index (χ1) is 9.99. The first-order valence-corrected chi connectivity index (χ1v) is 6.22. The summed E-state index contributed by atoms with van der Waals surface area (Å²) in [5.74, 6) is -1.06. The maximum Gasteiger partial charge on any atom is 0.338 e. The first-order valence-electron chi connectivity index (χ1n) is 6.22. The van der Waals surface area contributed by atoms with Gasteiger partial charge in [-0.05, 0) is 48.9 Å². The van der Waals surface area contributed by atoms with Crippen LogP contribution in [-0.4, -0.2) is 5.97 Å². The summed E-state index contributed by atoms with van der Waals surface area (Å²) in [6, 6.07) is 10.5. The van der Waals surface area contributed by atoms with Crippen molar-refractivity contribution >= 4 is 11.7 Å². The summed E-state index contributed by atoms with van der Waals surface area (Å²) in [5.41, 5.74) is 7.89. The molecule has 0 radical (unpaired) electrons. The van der Waals surface area contributed by atoms with Crippen LogP contribution in [0.4, 0.5) is 10.1 Å². The fourth-order valence-corrected chi connectivity index (χ4v) is 1.95. The topological polar surface area (TPSA) is 76.1 Å². The van der Waals surface area contributed by atoms with Crippen molar-refractivity contribution in [2.75, 3.05) is 5.73 Å². The zero-order valence-electron chi connectivity index (χ0n) is 11.4. The van der Waals surface area contributed by atoms with Crippen molar-refractivity contribution < 1.29 is 13.9 Å². The van der Waals surface area contributed by atoms with Gasteiger partial charge in [-0.2, -0.15) is 5.26 Å². The molecule has 0 spiro atoms. The van der Waals surface area contributed by atoms with Gasteiger partial charge >= 0.3 is 5.97 Å². The number of benzene rings is 2. The molecule has 0 unspecified atom stereocenters. The minimum atomic E-state index is -0.571. The Labute approximate surface area is 121 Å². The molecule has 4 nitrogen and oxygen atoms in total. The molecule has 0 saturated carbocycles. The molecular weight excluding hydrogens is 271 g/mol. The standard InChI is InChI=1S/C16H13FN2O2/c1-10-4-12(7-15(19)5-10)16(20)21-9-13-6-14(17)3-2-11(13)8-18/h2-7H,9,19H2,1H3. The maximum absolute atomic E-state index is 13.2. The summed E-state index contributed by atoms with van der Waals surface area (Å²) >= 11 is 0. The average Bonchev–Trinajstić information content (AvgIpc) is 2.43. The molecule has 0 atom stereocenters. The van der Waals surface area contributed by atoms with E-state index in [2.05, 4.69) is 0 Å². The second-order valence-electron chi connectivity index (χ2n) is 4.62. The maximum atomic E-state index is 13.2. The number of nitrogens with two attached hydrogens (primary N) is 1. The van der Waals surface area contributed by atoms with E-state index in [0.717, 1.165) is 5.56 Å². The number of nitrogens with zero attached hydrogens (tertiary/aromatic N) is 1. The monoisotopic (exact) mass is 284 g/mol. The van der Waals surface area contributed by atoms with Crippen LogP contribution in [0.3, 0.4) is 0 Å². The molecule has 106 valence electrons. The minimum absolute atomic E-state index is 0.173. The van der Waals surface area contributed by atoms with Gasteiger partial charge in [-0.25, -0.2) is 9.18 Å². The van der Waals surface area contributed by atoms with Gasteiger partial charge in [0, 0.05) is 11.3 Å².